The smallest absolute Gasteiger partial charge is 0.0108 e. The molecule has 0 atom stereocenters. The summed E-state index contributed by atoms with van der Waals surface area (Å²) in [5.74, 6) is 0. The van der Waals surface area contributed by atoms with Crippen molar-refractivity contribution in [2.45, 2.75) is 38.1 Å². The van der Waals surface area contributed by atoms with E-state index in [2.05, 4.69) is 10.2 Å². The van der Waals surface area contributed by atoms with Crippen molar-refractivity contribution >= 4 is 0 Å². The molecule has 1 aliphatic carbocycles. The predicted octanol–water partition coefficient (Wildman–Crippen LogP) is 0.128. The van der Waals surface area contributed by atoms with Gasteiger partial charge in [-0.2, -0.15) is 0 Å². The van der Waals surface area contributed by atoms with Crippen molar-refractivity contribution < 1.29 is 0 Å². The van der Waals surface area contributed by atoms with Crippen LogP contribution in [-0.2, 0) is 0 Å². The standard InChI is InChI=1S/C12H28N4/c13-6-9-16(10-7-14)11-8-15-12-4-2-1-3-5-12/h12,15H,1-11,13-14H2. The predicted molar refractivity (Wildman–Crippen MR) is 69.4 cm³/mol. The van der Waals surface area contributed by atoms with Crippen LogP contribution in [0.4, 0.5) is 0 Å². The fourth-order valence-electron chi connectivity index (χ4n) is 2.43. The van der Waals surface area contributed by atoms with E-state index in [0.29, 0.717) is 0 Å². The van der Waals surface area contributed by atoms with Gasteiger partial charge in [0.15, 0.2) is 0 Å². The van der Waals surface area contributed by atoms with Crippen molar-refractivity contribution in [3.05, 3.63) is 0 Å². The molecule has 0 aromatic rings. The van der Waals surface area contributed by atoms with Gasteiger partial charge in [0.05, 0.1) is 0 Å². The number of nitrogens with one attached hydrogen (secondary N) is 1. The molecule has 0 aromatic heterocycles. The highest BCUT2D eigenvalue weighted by Gasteiger charge is 2.12. The molecule has 0 aliphatic heterocycles. The first-order valence-corrected chi connectivity index (χ1v) is 6.72. The molecular formula is C12H28N4. The molecule has 0 bridgehead atoms. The highest BCUT2D eigenvalue weighted by Crippen LogP contribution is 2.16. The third kappa shape index (κ3) is 5.80. The third-order valence-corrected chi connectivity index (χ3v) is 3.36. The number of hydrogen-bond acceptors (Lipinski definition) is 4. The van der Waals surface area contributed by atoms with E-state index in [-0.39, 0.29) is 0 Å². The van der Waals surface area contributed by atoms with Gasteiger partial charge in [-0.25, -0.2) is 0 Å². The second-order valence-corrected chi connectivity index (χ2v) is 4.71. The fourth-order valence-corrected chi connectivity index (χ4v) is 2.43. The van der Waals surface area contributed by atoms with Gasteiger partial charge in [-0.1, -0.05) is 19.3 Å². The molecule has 0 saturated heterocycles. The highest BCUT2D eigenvalue weighted by atomic mass is 15.1. The van der Waals surface area contributed by atoms with E-state index >= 15 is 0 Å². The zero-order chi connectivity index (χ0) is 11.6. The molecule has 0 heterocycles. The van der Waals surface area contributed by atoms with Crippen LogP contribution in [0, 0.1) is 0 Å². The minimum absolute atomic E-state index is 0.726. The van der Waals surface area contributed by atoms with Crippen LogP contribution in [-0.4, -0.2) is 50.2 Å². The molecule has 0 unspecified atom stereocenters. The number of nitrogens with two attached hydrogens (primary N) is 2. The van der Waals surface area contributed by atoms with Crippen LogP contribution >= 0.6 is 0 Å². The van der Waals surface area contributed by atoms with E-state index in [1.807, 2.05) is 0 Å². The van der Waals surface area contributed by atoms with Crippen LogP contribution in [0.1, 0.15) is 32.1 Å². The zero-order valence-corrected chi connectivity index (χ0v) is 10.5. The molecule has 96 valence electrons. The quantitative estimate of drug-likeness (QED) is 0.552. The highest BCUT2D eigenvalue weighted by molar-refractivity contribution is 4.72. The molecule has 0 amide bonds. The Morgan fingerprint density at radius 2 is 1.56 bits per heavy atom. The van der Waals surface area contributed by atoms with Crippen molar-refractivity contribution in [1.29, 1.82) is 0 Å². The van der Waals surface area contributed by atoms with Gasteiger partial charge >= 0.3 is 0 Å². The number of nitrogens with zero attached hydrogens (tertiary/aromatic N) is 1. The first kappa shape index (κ1) is 13.9. The lowest BCUT2D eigenvalue weighted by molar-refractivity contribution is 0.273. The summed E-state index contributed by atoms with van der Waals surface area (Å²) in [7, 11) is 0. The van der Waals surface area contributed by atoms with Crippen LogP contribution in [0.2, 0.25) is 0 Å². The lowest BCUT2D eigenvalue weighted by atomic mass is 9.95. The van der Waals surface area contributed by atoms with Crippen molar-refractivity contribution in [2.75, 3.05) is 39.3 Å². The lowest BCUT2D eigenvalue weighted by Crippen LogP contribution is -2.41. The topological polar surface area (TPSA) is 67.3 Å². The minimum Gasteiger partial charge on any atom is -0.329 e. The summed E-state index contributed by atoms with van der Waals surface area (Å²) in [4.78, 5) is 2.34. The van der Waals surface area contributed by atoms with Gasteiger partial charge in [-0.15, -0.1) is 0 Å². The van der Waals surface area contributed by atoms with E-state index in [9.17, 15) is 0 Å². The van der Waals surface area contributed by atoms with E-state index in [4.69, 9.17) is 11.5 Å². The van der Waals surface area contributed by atoms with E-state index in [1.165, 1.54) is 32.1 Å². The van der Waals surface area contributed by atoms with Crippen LogP contribution in [0.25, 0.3) is 0 Å². The van der Waals surface area contributed by atoms with Gasteiger partial charge in [0, 0.05) is 45.3 Å². The second kappa shape index (κ2) is 8.93. The summed E-state index contributed by atoms with van der Waals surface area (Å²) in [5, 5.41) is 3.65. The molecular weight excluding hydrogens is 200 g/mol. The minimum atomic E-state index is 0.726. The summed E-state index contributed by atoms with van der Waals surface area (Å²) in [5.41, 5.74) is 11.1. The molecule has 0 aromatic carbocycles. The van der Waals surface area contributed by atoms with Crippen molar-refractivity contribution in [2.24, 2.45) is 11.5 Å². The molecule has 1 rings (SSSR count). The summed E-state index contributed by atoms with van der Waals surface area (Å²) in [6, 6.07) is 0.756. The van der Waals surface area contributed by atoms with Gasteiger partial charge in [0.2, 0.25) is 0 Å². The Hall–Kier alpha value is -0.160. The van der Waals surface area contributed by atoms with Crippen LogP contribution in [0.15, 0.2) is 0 Å². The summed E-state index contributed by atoms with van der Waals surface area (Å²) < 4.78 is 0. The monoisotopic (exact) mass is 228 g/mol. The molecule has 1 aliphatic rings. The Kier molecular flexibility index (Phi) is 7.76. The normalized spacial score (nSPS) is 18.2. The Balaban J connectivity index is 2.06. The maximum Gasteiger partial charge on any atom is 0.0108 e. The maximum absolute atomic E-state index is 5.57. The molecule has 0 radical (unpaired) electrons. The molecule has 1 fully saturated rings. The largest absolute Gasteiger partial charge is 0.329 e. The van der Waals surface area contributed by atoms with E-state index in [0.717, 1.165) is 45.3 Å². The van der Waals surface area contributed by atoms with E-state index < -0.39 is 0 Å². The molecule has 4 heteroatoms. The molecule has 4 nitrogen and oxygen atoms in total. The van der Waals surface area contributed by atoms with Crippen molar-refractivity contribution in [3.63, 3.8) is 0 Å². The SMILES string of the molecule is NCCN(CCN)CCNC1CCCCC1. The maximum atomic E-state index is 5.57. The van der Waals surface area contributed by atoms with Gasteiger partial charge in [0.25, 0.3) is 0 Å². The second-order valence-electron chi connectivity index (χ2n) is 4.71. The zero-order valence-electron chi connectivity index (χ0n) is 10.5. The van der Waals surface area contributed by atoms with Crippen LogP contribution < -0.4 is 16.8 Å². The van der Waals surface area contributed by atoms with Crippen LogP contribution in [0.3, 0.4) is 0 Å². The fraction of sp³-hybridized carbons (Fsp3) is 1.00. The van der Waals surface area contributed by atoms with Gasteiger partial charge in [-0.05, 0) is 12.8 Å². The van der Waals surface area contributed by atoms with Gasteiger partial charge < -0.3 is 16.8 Å². The first-order valence-electron chi connectivity index (χ1n) is 6.72. The van der Waals surface area contributed by atoms with Crippen LogP contribution in [0.5, 0.6) is 0 Å². The Morgan fingerprint density at radius 3 is 2.12 bits per heavy atom. The number of rotatable bonds is 8. The third-order valence-electron chi connectivity index (χ3n) is 3.36. The lowest BCUT2D eigenvalue weighted by Gasteiger charge is -2.25. The summed E-state index contributed by atoms with van der Waals surface area (Å²) >= 11 is 0. The Morgan fingerprint density at radius 1 is 0.938 bits per heavy atom. The van der Waals surface area contributed by atoms with Gasteiger partial charge in [0.1, 0.15) is 0 Å². The molecule has 1 saturated carbocycles. The Bertz CT molecular complexity index is 151. The van der Waals surface area contributed by atoms with Gasteiger partial charge in [-0.3, -0.25) is 4.90 Å². The van der Waals surface area contributed by atoms with Crippen molar-refractivity contribution in [3.8, 4) is 0 Å². The molecule has 16 heavy (non-hydrogen) atoms. The average Bonchev–Trinajstić information content (AvgIpc) is 2.31. The number of hydrogen-bond donors (Lipinski definition) is 3. The molecule has 0 spiro atoms. The average molecular weight is 228 g/mol. The molecule has 5 N–H and O–H groups in total. The summed E-state index contributed by atoms with van der Waals surface area (Å²) in [6.07, 6.45) is 6.92. The Labute approximate surface area is 99.7 Å². The van der Waals surface area contributed by atoms with Crippen molar-refractivity contribution in [1.82, 2.24) is 10.2 Å². The van der Waals surface area contributed by atoms with E-state index in [1.54, 1.807) is 0 Å². The first-order chi connectivity index (χ1) is 7.86. The summed E-state index contributed by atoms with van der Waals surface area (Å²) in [6.45, 7) is 5.52.